The molecule has 0 aliphatic carbocycles. The molecule has 0 atom stereocenters. The zero-order valence-corrected chi connectivity index (χ0v) is 9.77. The molecule has 1 N–H and O–H groups in total. The van der Waals surface area contributed by atoms with Gasteiger partial charge in [0.1, 0.15) is 5.69 Å². The lowest BCUT2D eigenvalue weighted by molar-refractivity contribution is 1.08. The van der Waals surface area contributed by atoms with Crippen LogP contribution in [0.3, 0.4) is 0 Å². The lowest BCUT2D eigenvalue weighted by Crippen LogP contribution is -1.87. The fraction of sp³-hybridized carbons (Fsp3) is 0. The number of halogens is 1. The van der Waals surface area contributed by atoms with Crippen LogP contribution in [0.15, 0.2) is 41.1 Å². The summed E-state index contributed by atoms with van der Waals surface area (Å²) in [7, 11) is 0. The van der Waals surface area contributed by atoms with E-state index in [2.05, 4.69) is 36.1 Å². The van der Waals surface area contributed by atoms with Crippen LogP contribution in [0.4, 0.5) is 0 Å². The fourth-order valence-corrected chi connectivity index (χ4v) is 1.94. The summed E-state index contributed by atoms with van der Waals surface area (Å²) in [6, 6.07) is 7.74. The number of hydrogen-bond acceptors (Lipinski definition) is 3. The van der Waals surface area contributed by atoms with E-state index < -0.39 is 0 Å². The van der Waals surface area contributed by atoms with Crippen LogP contribution in [0.2, 0.25) is 0 Å². The fourth-order valence-electron chi connectivity index (χ4n) is 1.58. The molecule has 0 bridgehead atoms. The maximum absolute atomic E-state index is 4.24. The SMILES string of the molecule is Brc1ccc2c(-c3ncccn3)n[nH]c2c1. The molecule has 2 heterocycles. The molecule has 0 fully saturated rings. The van der Waals surface area contributed by atoms with Crippen molar-refractivity contribution in [2.24, 2.45) is 0 Å². The zero-order valence-electron chi connectivity index (χ0n) is 8.18. The van der Waals surface area contributed by atoms with Gasteiger partial charge in [-0.15, -0.1) is 0 Å². The summed E-state index contributed by atoms with van der Waals surface area (Å²) < 4.78 is 1.02. The number of H-pyrrole nitrogens is 1. The third-order valence-electron chi connectivity index (χ3n) is 2.30. The normalized spacial score (nSPS) is 10.8. The lowest BCUT2D eigenvalue weighted by Gasteiger charge is -1.95. The van der Waals surface area contributed by atoms with Crippen LogP contribution >= 0.6 is 15.9 Å². The molecule has 0 saturated heterocycles. The van der Waals surface area contributed by atoms with Crippen molar-refractivity contribution in [3.63, 3.8) is 0 Å². The highest BCUT2D eigenvalue weighted by Crippen LogP contribution is 2.25. The Kier molecular flexibility index (Phi) is 2.18. The Hall–Kier alpha value is -1.75. The first-order chi connectivity index (χ1) is 7.84. The number of aromatic nitrogens is 4. The summed E-state index contributed by atoms with van der Waals surface area (Å²) in [6.45, 7) is 0. The first-order valence-electron chi connectivity index (χ1n) is 4.75. The van der Waals surface area contributed by atoms with E-state index in [4.69, 9.17) is 0 Å². The molecular weight excluding hydrogens is 268 g/mol. The van der Waals surface area contributed by atoms with E-state index in [1.54, 1.807) is 18.5 Å². The minimum atomic E-state index is 0.635. The summed E-state index contributed by atoms with van der Waals surface area (Å²) in [5.74, 6) is 0.635. The Labute approximate surface area is 99.9 Å². The van der Waals surface area contributed by atoms with E-state index >= 15 is 0 Å². The monoisotopic (exact) mass is 274 g/mol. The van der Waals surface area contributed by atoms with Crippen molar-refractivity contribution in [2.45, 2.75) is 0 Å². The largest absolute Gasteiger partial charge is 0.277 e. The Bertz CT molecular complexity index is 633. The summed E-state index contributed by atoms with van der Waals surface area (Å²) in [5.41, 5.74) is 1.75. The van der Waals surface area contributed by atoms with Gasteiger partial charge in [0, 0.05) is 22.3 Å². The molecule has 0 aliphatic heterocycles. The summed E-state index contributed by atoms with van der Waals surface area (Å²) in [6.07, 6.45) is 3.42. The first-order valence-corrected chi connectivity index (χ1v) is 5.55. The molecule has 4 nitrogen and oxygen atoms in total. The van der Waals surface area contributed by atoms with Gasteiger partial charge in [0.05, 0.1) is 5.52 Å². The molecule has 16 heavy (non-hydrogen) atoms. The number of benzene rings is 1. The molecule has 78 valence electrons. The minimum Gasteiger partial charge on any atom is -0.277 e. The quantitative estimate of drug-likeness (QED) is 0.743. The van der Waals surface area contributed by atoms with Gasteiger partial charge in [-0.2, -0.15) is 5.10 Å². The maximum atomic E-state index is 4.24. The van der Waals surface area contributed by atoms with E-state index in [0.717, 1.165) is 21.1 Å². The third kappa shape index (κ3) is 1.49. The highest BCUT2D eigenvalue weighted by atomic mass is 79.9. The van der Waals surface area contributed by atoms with Gasteiger partial charge >= 0.3 is 0 Å². The molecule has 0 aliphatic rings. The number of fused-ring (bicyclic) bond motifs is 1. The van der Waals surface area contributed by atoms with Crippen molar-refractivity contribution in [3.8, 4) is 11.5 Å². The van der Waals surface area contributed by atoms with Crippen LogP contribution in [0.5, 0.6) is 0 Å². The van der Waals surface area contributed by atoms with Crippen molar-refractivity contribution in [3.05, 3.63) is 41.1 Å². The number of nitrogens with one attached hydrogen (secondary N) is 1. The summed E-state index contributed by atoms with van der Waals surface area (Å²) in [5, 5.41) is 8.23. The highest BCUT2D eigenvalue weighted by molar-refractivity contribution is 9.10. The van der Waals surface area contributed by atoms with E-state index in [1.165, 1.54) is 0 Å². The minimum absolute atomic E-state index is 0.635. The molecule has 5 heteroatoms. The smallest absolute Gasteiger partial charge is 0.180 e. The Balaban J connectivity index is 2.26. The molecular formula is C11H7BrN4. The Morgan fingerprint density at radius 1 is 1.12 bits per heavy atom. The van der Waals surface area contributed by atoms with Gasteiger partial charge < -0.3 is 0 Å². The van der Waals surface area contributed by atoms with Gasteiger partial charge in [-0.1, -0.05) is 15.9 Å². The molecule has 1 aromatic carbocycles. The Morgan fingerprint density at radius 3 is 2.75 bits per heavy atom. The van der Waals surface area contributed by atoms with Crippen LogP contribution < -0.4 is 0 Å². The van der Waals surface area contributed by atoms with E-state index in [-0.39, 0.29) is 0 Å². The number of nitrogens with zero attached hydrogens (tertiary/aromatic N) is 3. The average Bonchev–Trinajstić information content (AvgIpc) is 2.73. The second kappa shape index (κ2) is 3.68. The number of hydrogen-bond donors (Lipinski definition) is 1. The van der Waals surface area contributed by atoms with Crippen LogP contribution in [0, 0.1) is 0 Å². The predicted molar refractivity (Wildman–Crippen MR) is 64.8 cm³/mol. The van der Waals surface area contributed by atoms with Crippen LogP contribution in [-0.2, 0) is 0 Å². The molecule has 3 aromatic rings. The number of aromatic amines is 1. The van der Waals surface area contributed by atoms with Crippen molar-refractivity contribution in [1.29, 1.82) is 0 Å². The molecule has 0 radical (unpaired) electrons. The first kappa shape index (κ1) is 9.47. The van der Waals surface area contributed by atoms with Crippen LogP contribution in [0.1, 0.15) is 0 Å². The highest BCUT2D eigenvalue weighted by Gasteiger charge is 2.09. The molecule has 0 amide bonds. The Morgan fingerprint density at radius 2 is 1.94 bits per heavy atom. The lowest BCUT2D eigenvalue weighted by atomic mass is 10.2. The van der Waals surface area contributed by atoms with Crippen molar-refractivity contribution >= 4 is 26.8 Å². The molecule has 3 rings (SSSR count). The van der Waals surface area contributed by atoms with Gasteiger partial charge in [-0.05, 0) is 24.3 Å². The second-order valence-electron chi connectivity index (χ2n) is 3.33. The molecule has 0 saturated carbocycles. The van der Waals surface area contributed by atoms with Gasteiger partial charge in [0.15, 0.2) is 5.82 Å². The second-order valence-corrected chi connectivity index (χ2v) is 4.25. The molecule has 2 aromatic heterocycles. The zero-order chi connectivity index (χ0) is 11.0. The van der Waals surface area contributed by atoms with E-state index in [9.17, 15) is 0 Å². The number of rotatable bonds is 1. The van der Waals surface area contributed by atoms with Crippen molar-refractivity contribution < 1.29 is 0 Å². The van der Waals surface area contributed by atoms with Gasteiger partial charge in [-0.3, -0.25) is 5.10 Å². The predicted octanol–water partition coefficient (Wildman–Crippen LogP) is 2.78. The van der Waals surface area contributed by atoms with Crippen molar-refractivity contribution in [1.82, 2.24) is 20.2 Å². The van der Waals surface area contributed by atoms with E-state index in [0.29, 0.717) is 5.82 Å². The molecule has 0 spiro atoms. The van der Waals surface area contributed by atoms with Gasteiger partial charge in [0.2, 0.25) is 0 Å². The van der Waals surface area contributed by atoms with Gasteiger partial charge in [-0.25, -0.2) is 9.97 Å². The standard InChI is InChI=1S/C11H7BrN4/c12-7-2-3-8-9(6-7)15-16-10(8)11-13-4-1-5-14-11/h1-6H,(H,15,16). The topological polar surface area (TPSA) is 54.5 Å². The van der Waals surface area contributed by atoms with Crippen LogP contribution in [-0.4, -0.2) is 20.2 Å². The van der Waals surface area contributed by atoms with E-state index in [1.807, 2.05) is 18.2 Å². The summed E-state index contributed by atoms with van der Waals surface area (Å²) in [4.78, 5) is 8.38. The average molecular weight is 275 g/mol. The van der Waals surface area contributed by atoms with Crippen LogP contribution in [0.25, 0.3) is 22.4 Å². The maximum Gasteiger partial charge on any atom is 0.180 e. The van der Waals surface area contributed by atoms with Gasteiger partial charge in [0.25, 0.3) is 0 Å². The molecule has 0 unspecified atom stereocenters. The third-order valence-corrected chi connectivity index (χ3v) is 2.80. The summed E-state index contributed by atoms with van der Waals surface area (Å²) >= 11 is 3.42. The van der Waals surface area contributed by atoms with Crippen molar-refractivity contribution in [2.75, 3.05) is 0 Å².